The second kappa shape index (κ2) is 18.7. The van der Waals surface area contributed by atoms with Crippen molar-refractivity contribution < 1.29 is 14.1 Å². The average Bonchev–Trinajstić information content (AvgIpc) is 3.57. The van der Waals surface area contributed by atoms with Gasteiger partial charge in [-0.1, -0.05) is 75.8 Å². The van der Waals surface area contributed by atoms with Gasteiger partial charge in [-0.15, -0.1) is 0 Å². The van der Waals surface area contributed by atoms with Gasteiger partial charge in [0.2, 0.25) is 12.2 Å². The number of hydrogen-bond acceptors (Lipinski definition) is 8. The molecule has 0 spiro atoms. The SMILES string of the molecule is C=C/C=C(C#Cc1nc(C2CCC2)n2ccnc(N)c12)\C=C/C.C=CC(=O)N1CCC[C@@H]([N+]2=C(c3ccc(Oc4ccccc4)cc3)c3c(N)ncnc32)C1.CC. The average molecular weight is 761 g/mol. The summed E-state index contributed by atoms with van der Waals surface area (Å²) in [5, 5.41) is 0. The van der Waals surface area contributed by atoms with Crippen LogP contribution in [0.15, 0.2) is 122 Å². The van der Waals surface area contributed by atoms with Crippen molar-refractivity contribution >= 4 is 34.6 Å². The van der Waals surface area contributed by atoms with Crippen molar-refractivity contribution in [1.29, 1.82) is 0 Å². The first-order valence-electron chi connectivity index (χ1n) is 19.5. The van der Waals surface area contributed by atoms with Crippen LogP contribution < -0.4 is 16.2 Å². The van der Waals surface area contributed by atoms with Gasteiger partial charge in [-0.2, -0.15) is 4.98 Å². The Morgan fingerprint density at radius 2 is 1.72 bits per heavy atom. The minimum absolute atomic E-state index is 0.0402. The van der Waals surface area contributed by atoms with E-state index < -0.39 is 0 Å². The lowest BCUT2D eigenvalue weighted by Crippen LogP contribution is -2.49. The lowest BCUT2D eigenvalue weighted by atomic mass is 9.85. The van der Waals surface area contributed by atoms with Crippen LogP contribution in [0.5, 0.6) is 11.5 Å². The molecule has 3 aliphatic rings. The first-order chi connectivity index (χ1) is 27.9. The monoisotopic (exact) mass is 760 g/mol. The number of piperidine rings is 1. The number of hydrogen-bond donors (Lipinski definition) is 2. The number of nitrogen functional groups attached to an aromatic ring is 2. The molecule has 0 unspecified atom stereocenters. The van der Waals surface area contributed by atoms with Crippen molar-refractivity contribution in [3.05, 3.63) is 145 Å². The smallest absolute Gasteiger partial charge is 0.341 e. The van der Waals surface area contributed by atoms with Crippen molar-refractivity contribution in [2.75, 3.05) is 24.6 Å². The fourth-order valence-corrected chi connectivity index (χ4v) is 7.12. The number of nitrogens with zero attached hydrogens (tertiary/aromatic N) is 7. The summed E-state index contributed by atoms with van der Waals surface area (Å²) in [5.41, 5.74) is 17.5. The summed E-state index contributed by atoms with van der Waals surface area (Å²) in [6.07, 6.45) is 19.5. The normalized spacial score (nSPS) is 16.1. The standard InChI is InChI=1S/C25H23N5O2.C19H20N4.C2H6/c1-2-21(31)29-14-6-7-18(15-29)30-23(22-24(26)27-16-28-25(22)30)17-10-12-20(13-11-17)32-19-8-4-3-5-9-19;1-3-6-14(7-4-2)10-11-16-17-18(20)21-12-13-23(17)19(22-16)15-8-5-9-15;1-2/h2-5,8-13,16,18,26H,1,6-7,14-15H2;3-4,6-7,12-13,15H,1,5,8-9H2,2H3,(H2,20,21);1-2H3/p+1/b;7-4-,14-6+;/t18-;;/m1../s1. The van der Waals surface area contributed by atoms with Gasteiger partial charge in [-0.25, -0.2) is 14.5 Å². The number of carbonyl (C=O) groups is 1. The number of fused-ring (bicyclic) bond motifs is 2. The molecule has 11 heteroatoms. The van der Waals surface area contributed by atoms with Crippen molar-refractivity contribution in [2.45, 2.75) is 64.8 Å². The van der Waals surface area contributed by atoms with E-state index in [0.717, 1.165) is 70.5 Å². The van der Waals surface area contributed by atoms with Crippen molar-refractivity contribution in [1.82, 2.24) is 29.2 Å². The highest BCUT2D eigenvalue weighted by atomic mass is 16.5. The molecule has 5 aromatic rings. The molecular formula is C46H50N9O2+. The maximum atomic E-state index is 12.2. The summed E-state index contributed by atoms with van der Waals surface area (Å²) in [6, 6.07) is 17.7. The third kappa shape index (κ3) is 8.71. The molecule has 11 nitrogen and oxygen atoms in total. The molecule has 290 valence electrons. The Balaban J connectivity index is 0.000000194. The quantitative estimate of drug-likeness (QED) is 0.0699. The largest absolute Gasteiger partial charge is 0.457 e. The molecule has 1 saturated carbocycles. The number of likely N-dealkylation sites (tertiary alicyclic amines) is 1. The van der Waals surface area contributed by atoms with Crippen molar-refractivity contribution in [2.24, 2.45) is 0 Å². The van der Waals surface area contributed by atoms with Gasteiger partial charge in [0.15, 0.2) is 17.1 Å². The summed E-state index contributed by atoms with van der Waals surface area (Å²) >= 11 is 0. The lowest BCUT2D eigenvalue weighted by Gasteiger charge is -2.35. The fourth-order valence-electron chi connectivity index (χ4n) is 7.12. The molecule has 1 saturated heterocycles. The summed E-state index contributed by atoms with van der Waals surface area (Å²) in [4.78, 5) is 31.7. The van der Waals surface area contributed by atoms with E-state index in [1.54, 1.807) is 12.3 Å². The van der Waals surface area contributed by atoms with Crippen LogP contribution in [0.1, 0.15) is 81.4 Å². The molecule has 5 heterocycles. The molecule has 4 N–H and O–H groups in total. The van der Waals surface area contributed by atoms with Crippen molar-refractivity contribution in [3.63, 3.8) is 0 Å². The Labute approximate surface area is 334 Å². The van der Waals surface area contributed by atoms with Gasteiger partial charge in [0, 0.05) is 36.0 Å². The number of carbonyl (C=O) groups excluding carboxylic acids is 1. The molecule has 2 fully saturated rings. The minimum atomic E-state index is -0.0402. The van der Waals surface area contributed by atoms with Crippen LogP contribution in [-0.4, -0.2) is 64.6 Å². The molecular weight excluding hydrogens is 711 g/mol. The zero-order valence-electron chi connectivity index (χ0n) is 32.9. The van der Waals surface area contributed by atoms with E-state index in [1.807, 2.05) is 109 Å². The molecule has 3 aromatic heterocycles. The molecule has 1 atom stereocenters. The summed E-state index contributed by atoms with van der Waals surface area (Å²) in [5.74, 6) is 11.1. The van der Waals surface area contributed by atoms with Crippen LogP contribution in [0, 0.1) is 11.8 Å². The molecule has 0 radical (unpaired) electrons. The van der Waals surface area contributed by atoms with Crippen molar-refractivity contribution in [3.8, 4) is 23.3 Å². The number of amides is 1. The minimum Gasteiger partial charge on any atom is -0.457 e. The predicted molar refractivity (Wildman–Crippen MR) is 228 cm³/mol. The molecule has 2 aromatic carbocycles. The Kier molecular flexibility index (Phi) is 13.1. The third-order valence-electron chi connectivity index (χ3n) is 9.97. The van der Waals surface area contributed by atoms with Crippen LogP contribution in [0.4, 0.5) is 17.5 Å². The Morgan fingerprint density at radius 1 is 0.965 bits per heavy atom. The molecule has 0 bridgehead atoms. The number of anilines is 2. The second-order valence-electron chi connectivity index (χ2n) is 13.5. The summed E-state index contributed by atoms with van der Waals surface area (Å²) in [7, 11) is 0. The molecule has 1 amide bonds. The van der Waals surface area contributed by atoms with E-state index in [0.29, 0.717) is 29.8 Å². The van der Waals surface area contributed by atoms with Crippen LogP contribution in [0.3, 0.4) is 0 Å². The second-order valence-corrected chi connectivity index (χ2v) is 13.5. The highest BCUT2D eigenvalue weighted by Gasteiger charge is 2.44. The highest BCUT2D eigenvalue weighted by Crippen LogP contribution is 2.38. The number of imidazole rings is 1. The van der Waals surface area contributed by atoms with Gasteiger partial charge in [-0.05, 0) is 92.1 Å². The Hall–Kier alpha value is -6.80. The van der Waals surface area contributed by atoms with E-state index in [2.05, 4.69) is 44.5 Å². The number of ether oxygens (including phenoxy) is 1. The van der Waals surface area contributed by atoms with Crippen LogP contribution >= 0.6 is 0 Å². The van der Waals surface area contributed by atoms with Gasteiger partial charge >= 0.3 is 5.82 Å². The third-order valence-corrected chi connectivity index (χ3v) is 9.97. The zero-order valence-corrected chi connectivity index (χ0v) is 32.9. The number of allylic oxidation sites excluding steroid dienone is 5. The Morgan fingerprint density at radius 3 is 2.40 bits per heavy atom. The maximum Gasteiger partial charge on any atom is 0.341 e. The Bertz CT molecular complexity index is 2400. The van der Waals surface area contributed by atoms with Gasteiger partial charge in [0.25, 0.3) is 0 Å². The van der Waals surface area contributed by atoms with E-state index in [1.165, 1.54) is 31.7 Å². The van der Waals surface area contributed by atoms with E-state index >= 15 is 0 Å². The molecule has 1 aliphatic carbocycles. The lowest BCUT2D eigenvalue weighted by molar-refractivity contribution is -0.503. The first kappa shape index (κ1) is 39.9. The molecule has 2 aliphatic heterocycles. The first-order valence-corrected chi connectivity index (χ1v) is 19.5. The summed E-state index contributed by atoms with van der Waals surface area (Å²) in [6.45, 7) is 14.7. The number of rotatable bonds is 8. The van der Waals surface area contributed by atoms with Crippen LogP contribution in [0.2, 0.25) is 0 Å². The number of nitrogens with two attached hydrogens (primary N) is 2. The van der Waals surface area contributed by atoms with Crippen LogP contribution in [-0.2, 0) is 4.79 Å². The van der Waals surface area contributed by atoms with E-state index in [4.69, 9.17) is 21.2 Å². The highest BCUT2D eigenvalue weighted by molar-refractivity contribution is 6.18. The predicted octanol–water partition coefficient (Wildman–Crippen LogP) is 8.17. The summed E-state index contributed by atoms with van der Waals surface area (Å²) < 4.78 is 10.2. The number of aromatic nitrogens is 5. The van der Waals surface area contributed by atoms with Gasteiger partial charge < -0.3 is 21.1 Å². The topological polar surface area (TPSA) is 141 Å². The number of benzene rings is 2. The number of para-hydroxylation sites is 1. The van der Waals surface area contributed by atoms with Gasteiger partial charge in [0.1, 0.15) is 40.4 Å². The molecule has 8 rings (SSSR count). The fraction of sp³-hybridized carbons (Fsp3) is 0.261. The zero-order chi connectivity index (χ0) is 40.3. The van der Waals surface area contributed by atoms with Gasteiger partial charge in [0.05, 0.1) is 6.54 Å². The molecule has 57 heavy (non-hydrogen) atoms. The van der Waals surface area contributed by atoms with E-state index in [9.17, 15) is 4.79 Å². The maximum absolute atomic E-state index is 12.2. The van der Waals surface area contributed by atoms with Gasteiger partial charge in [-0.3, -0.25) is 9.20 Å². The van der Waals surface area contributed by atoms with E-state index in [-0.39, 0.29) is 11.9 Å². The van der Waals surface area contributed by atoms with Crippen LogP contribution in [0.25, 0.3) is 5.52 Å².